The molecule has 1 rings (SSSR count). The van der Waals surface area contributed by atoms with Gasteiger partial charge in [0.2, 0.25) is 5.91 Å². The van der Waals surface area contributed by atoms with E-state index in [0.717, 1.165) is 6.26 Å². The lowest BCUT2D eigenvalue weighted by Crippen LogP contribution is -2.50. The van der Waals surface area contributed by atoms with Gasteiger partial charge in [-0.3, -0.25) is 9.59 Å². The largest absolute Gasteiger partial charge is 0.459 e. The molecule has 0 aromatic heterocycles. The summed E-state index contributed by atoms with van der Waals surface area (Å²) in [6.07, 6.45) is 1.45. The molecule has 1 aromatic carbocycles. The molecule has 0 spiro atoms. The average Bonchev–Trinajstić information content (AvgIpc) is 2.56. The number of hydrogen-bond donors (Lipinski definition) is 3. The Bertz CT molecular complexity index is 858. The number of anilines is 1. The van der Waals surface area contributed by atoms with E-state index >= 15 is 0 Å². The van der Waals surface area contributed by atoms with E-state index in [9.17, 15) is 22.8 Å². The van der Waals surface area contributed by atoms with Crippen LogP contribution in [0.2, 0.25) is 0 Å². The van der Waals surface area contributed by atoms with Gasteiger partial charge in [-0.15, -0.1) is 0 Å². The van der Waals surface area contributed by atoms with Crippen molar-refractivity contribution in [1.82, 2.24) is 10.6 Å². The van der Waals surface area contributed by atoms with Gasteiger partial charge in [-0.25, -0.2) is 13.2 Å². The molecule has 0 heterocycles. The number of ether oxygens (including phenoxy) is 1. The van der Waals surface area contributed by atoms with Crippen LogP contribution in [-0.4, -0.2) is 50.8 Å². The molecular formula is C20H31N3O6S. The van der Waals surface area contributed by atoms with E-state index in [2.05, 4.69) is 16.0 Å². The minimum Gasteiger partial charge on any atom is -0.459 e. The third-order valence-electron chi connectivity index (χ3n) is 3.70. The number of rotatable bonds is 8. The van der Waals surface area contributed by atoms with Crippen molar-refractivity contribution in [1.29, 1.82) is 0 Å². The normalized spacial score (nSPS) is 12.8. The van der Waals surface area contributed by atoms with Crippen molar-refractivity contribution in [3.63, 3.8) is 0 Å². The number of carbonyl (C=O) groups is 3. The maximum atomic E-state index is 12.5. The lowest BCUT2D eigenvalue weighted by atomic mass is 10.0. The van der Waals surface area contributed by atoms with Crippen LogP contribution in [0, 0.1) is 5.92 Å². The van der Waals surface area contributed by atoms with Gasteiger partial charge in [-0.1, -0.05) is 13.8 Å². The Labute approximate surface area is 177 Å². The SMILES string of the molecule is CC(C)CC(NC(=O)Nc1ccc(S(C)(=O)=O)cc1)C(=O)NCC(=O)OC(C)(C)C. The summed E-state index contributed by atoms with van der Waals surface area (Å²) in [6.45, 7) is 8.67. The molecular weight excluding hydrogens is 410 g/mol. The highest BCUT2D eigenvalue weighted by Crippen LogP contribution is 2.14. The first kappa shape index (κ1) is 25.4. The second kappa shape index (κ2) is 10.4. The fraction of sp³-hybridized carbons (Fsp3) is 0.550. The third kappa shape index (κ3) is 9.73. The predicted octanol–water partition coefficient (Wildman–Crippen LogP) is 2.08. The molecule has 3 amide bonds. The number of sulfone groups is 1. The van der Waals surface area contributed by atoms with Gasteiger partial charge in [0.05, 0.1) is 4.90 Å². The summed E-state index contributed by atoms with van der Waals surface area (Å²) in [5, 5.41) is 7.62. The maximum absolute atomic E-state index is 12.5. The first-order valence-electron chi connectivity index (χ1n) is 9.54. The van der Waals surface area contributed by atoms with Gasteiger partial charge in [-0.2, -0.15) is 0 Å². The standard InChI is InChI=1S/C20H31N3O6S/c1-13(2)11-16(18(25)21-12-17(24)29-20(3,4)5)23-19(26)22-14-7-9-15(10-8-14)30(6,27)28/h7-10,13,16H,11-12H2,1-6H3,(H,21,25)(H2,22,23,26). The highest BCUT2D eigenvalue weighted by Gasteiger charge is 2.24. The number of urea groups is 1. The van der Waals surface area contributed by atoms with Crippen LogP contribution >= 0.6 is 0 Å². The molecule has 0 saturated heterocycles. The Kier molecular flexibility index (Phi) is 8.83. The van der Waals surface area contributed by atoms with E-state index in [0.29, 0.717) is 12.1 Å². The van der Waals surface area contributed by atoms with Gasteiger partial charge in [0.1, 0.15) is 18.2 Å². The summed E-state index contributed by atoms with van der Waals surface area (Å²) in [4.78, 5) is 36.7. The topological polar surface area (TPSA) is 131 Å². The summed E-state index contributed by atoms with van der Waals surface area (Å²) in [6, 6.07) is 4.18. The zero-order valence-electron chi connectivity index (χ0n) is 18.2. The Morgan fingerprint density at radius 1 is 1.07 bits per heavy atom. The summed E-state index contributed by atoms with van der Waals surface area (Å²) in [5.74, 6) is -0.969. The minimum atomic E-state index is -3.34. The van der Waals surface area contributed by atoms with E-state index in [4.69, 9.17) is 4.74 Å². The van der Waals surface area contributed by atoms with E-state index in [-0.39, 0.29) is 17.4 Å². The van der Waals surface area contributed by atoms with Crippen LogP contribution < -0.4 is 16.0 Å². The third-order valence-corrected chi connectivity index (χ3v) is 4.82. The smallest absolute Gasteiger partial charge is 0.325 e. The Morgan fingerprint density at radius 2 is 1.63 bits per heavy atom. The van der Waals surface area contributed by atoms with Crippen LogP contribution in [0.25, 0.3) is 0 Å². The lowest BCUT2D eigenvalue weighted by Gasteiger charge is -2.22. The molecule has 9 nitrogen and oxygen atoms in total. The molecule has 0 bridgehead atoms. The second-order valence-electron chi connectivity index (χ2n) is 8.38. The zero-order valence-corrected chi connectivity index (χ0v) is 19.1. The quantitative estimate of drug-likeness (QED) is 0.530. The van der Waals surface area contributed by atoms with E-state index < -0.39 is 39.4 Å². The number of carbonyl (C=O) groups excluding carboxylic acids is 3. The van der Waals surface area contributed by atoms with Gasteiger partial charge in [0, 0.05) is 11.9 Å². The van der Waals surface area contributed by atoms with Crippen LogP contribution in [0.5, 0.6) is 0 Å². The molecule has 10 heteroatoms. The summed E-state index contributed by atoms with van der Waals surface area (Å²) in [7, 11) is -3.34. The molecule has 0 aliphatic carbocycles. The average molecular weight is 442 g/mol. The lowest BCUT2D eigenvalue weighted by molar-refractivity contribution is -0.154. The Morgan fingerprint density at radius 3 is 2.10 bits per heavy atom. The number of amides is 3. The second-order valence-corrected chi connectivity index (χ2v) is 10.4. The van der Waals surface area contributed by atoms with Crippen molar-refractivity contribution >= 4 is 33.4 Å². The number of benzene rings is 1. The van der Waals surface area contributed by atoms with E-state index in [1.165, 1.54) is 24.3 Å². The van der Waals surface area contributed by atoms with Gasteiger partial charge in [0.25, 0.3) is 0 Å². The maximum Gasteiger partial charge on any atom is 0.325 e. The first-order valence-corrected chi connectivity index (χ1v) is 11.4. The van der Waals surface area contributed by atoms with E-state index in [1.54, 1.807) is 20.8 Å². The summed E-state index contributed by atoms with van der Waals surface area (Å²) < 4.78 is 28.1. The number of hydrogen-bond acceptors (Lipinski definition) is 6. The molecule has 0 radical (unpaired) electrons. The molecule has 0 aliphatic heterocycles. The highest BCUT2D eigenvalue weighted by atomic mass is 32.2. The van der Waals surface area contributed by atoms with Crippen LogP contribution in [-0.2, 0) is 24.2 Å². The molecule has 0 aliphatic rings. The molecule has 168 valence electrons. The van der Waals surface area contributed by atoms with Crippen molar-refractivity contribution in [2.24, 2.45) is 5.92 Å². The van der Waals surface area contributed by atoms with Crippen molar-refractivity contribution in [2.75, 3.05) is 18.1 Å². The molecule has 0 fully saturated rings. The minimum absolute atomic E-state index is 0.108. The van der Waals surface area contributed by atoms with Crippen molar-refractivity contribution < 1.29 is 27.5 Å². The summed E-state index contributed by atoms with van der Waals surface area (Å²) >= 11 is 0. The molecule has 0 saturated carbocycles. The van der Waals surface area contributed by atoms with Gasteiger partial charge < -0.3 is 20.7 Å². The molecule has 1 unspecified atom stereocenters. The van der Waals surface area contributed by atoms with Crippen LogP contribution in [0.4, 0.5) is 10.5 Å². The first-order chi connectivity index (χ1) is 13.7. The molecule has 3 N–H and O–H groups in total. The Balaban J connectivity index is 2.71. The van der Waals surface area contributed by atoms with Crippen LogP contribution in [0.15, 0.2) is 29.2 Å². The monoisotopic (exact) mass is 441 g/mol. The van der Waals surface area contributed by atoms with E-state index in [1.807, 2.05) is 13.8 Å². The highest BCUT2D eigenvalue weighted by molar-refractivity contribution is 7.90. The fourth-order valence-electron chi connectivity index (χ4n) is 2.47. The van der Waals surface area contributed by atoms with Crippen molar-refractivity contribution in [2.45, 2.75) is 57.6 Å². The van der Waals surface area contributed by atoms with Gasteiger partial charge in [0.15, 0.2) is 9.84 Å². The van der Waals surface area contributed by atoms with Crippen LogP contribution in [0.3, 0.4) is 0 Å². The molecule has 30 heavy (non-hydrogen) atoms. The predicted molar refractivity (Wildman–Crippen MR) is 114 cm³/mol. The van der Waals surface area contributed by atoms with Crippen molar-refractivity contribution in [3.8, 4) is 0 Å². The van der Waals surface area contributed by atoms with Gasteiger partial charge in [-0.05, 0) is 57.4 Å². The summed E-state index contributed by atoms with van der Waals surface area (Å²) in [5.41, 5.74) is -0.290. The van der Waals surface area contributed by atoms with Gasteiger partial charge >= 0.3 is 12.0 Å². The number of esters is 1. The number of nitrogens with one attached hydrogen (secondary N) is 3. The fourth-order valence-corrected chi connectivity index (χ4v) is 3.10. The van der Waals surface area contributed by atoms with Crippen molar-refractivity contribution in [3.05, 3.63) is 24.3 Å². The van der Waals surface area contributed by atoms with Crippen LogP contribution in [0.1, 0.15) is 41.0 Å². The molecule has 1 aromatic rings. The molecule has 1 atom stereocenters. The Hall–Kier alpha value is -2.62. The zero-order chi connectivity index (χ0) is 23.1.